The molecule has 7 nitrogen and oxygen atoms in total. The second-order valence-corrected chi connectivity index (χ2v) is 8.99. The molecule has 0 fully saturated rings. The number of hydrogen-bond acceptors (Lipinski definition) is 5. The number of hydroxylamine groups is 1. The number of sulfonamides is 1. The lowest BCUT2D eigenvalue weighted by molar-refractivity contribution is -0.0258. The van der Waals surface area contributed by atoms with Gasteiger partial charge in [-0.25, -0.2) is 8.42 Å². The van der Waals surface area contributed by atoms with Gasteiger partial charge in [0.05, 0.1) is 12.0 Å². The summed E-state index contributed by atoms with van der Waals surface area (Å²) in [6.07, 6.45) is 0.634. The van der Waals surface area contributed by atoms with E-state index in [1.54, 1.807) is 6.07 Å². The Balaban J connectivity index is 1.51. The molecular formula is C24H26N2O5S. The van der Waals surface area contributed by atoms with E-state index in [-0.39, 0.29) is 16.4 Å². The fourth-order valence-electron chi connectivity index (χ4n) is 2.96. The number of ether oxygens (including phenoxy) is 1. The summed E-state index contributed by atoms with van der Waals surface area (Å²) in [5, 5.41) is 2.82. The Labute approximate surface area is 188 Å². The van der Waals surface area contributed by atoms with Crippen molar-refractivity contribution in [1.82, 2.24) is 9.79 Å². The number of carbonyl (C=O) groups is 1. The van der Waals surface area contributed by atoms with E-state index < -0.39 is 10.0 Å². The first kappa shape index (κ1) is 23.5. The number of rotatable bonds is 10. The highest BCUT2D eigenvalue weighted by Crippen LogP contribution is 2.17. The standard InChI is InChI=1S/C24H26N2O5S/c1-26(30-2)32(28,29)23-10-6-9-21(17-23)24(27)25-16-15-19-11-13-22(14-12-19)31-18-20-7-4-3-5-8-20/h3-14,17H,15-16,18H2,1-2H3,(H,25,27). The van der Waals surface area contributed by atoms with Crippen LogP contribution in [-0.2, 0) is 27.9 Å². The normalized spacial score (nSPS) is 11.3. The maximum Gasteiger partial charge on any atom is 0.264 e. The predicted molar refractivity (Wildman–Crippen MR) is 122 cm³/mol. The second kappa shape index (κ2) is 10.9. The number of amides is 1. The molecule has 0 radical (unpaired) electrons. The zero-order chi connectivity index (χ0) is 23.0. The first-order chi connectivity index (χ1) is 15.4. The van der Waals surface area contributed by atoms with Crippen molar-refractivity contribution in [2.45, 2.75) is 17.9 Å². The van der Waals surface area contributed by atoms with E-state index in [4.69, 9.17) is 9.57 Å². The number of nitrogens with zero attached hydrogens (tertiary/aromatic N) is 1. The molecule has 0 unspecified atom stereocenters. The molecule has 0 heterocycles. The molecule has 0 saturated heterocycles. The van der Waals surface area contributed by atoms with E-state index in [0.29, 0.717) is 19.6 Å². The molecule has 168 valence electrons. The molecule has 0 saturated carbocycles. The second-order valence-electron chi connectivity index (χ2n) is 7.05. The van der Waals surface area contributed by atoms with Gasteiger partial charge in [-0.3, -0.25) is 9.63 Å². The van der Waals surface area contributed by atoms with E-state index in [0.717, 1.165) is 21.3 Å². The molecule has 1 amide bonds. The van der Waals surface area contributed by atoms with Crippen LogP contribution in [0.3, 0.4) is 0 Å². The van der Waals surface area contributed by atoms with Gasteiger partial charge in [0.1, 0.15) is 12.4 Å². The number of hydrogen-bond donors (Lipinski definition) is 1. The maximum atomic E-state index is 12.5. The summed E-state index contributed by atoms with van der Waals surface area (Å²) in [5.41, 5.74) is 2.42. The Morgan fingerprint density at radius 1 is 0.938 bits per heavy atom. The Morgan fingerprint density at radius 2 is 1.66 bits per heavy atom. The van der Waals surface area contributed by atoms with E-state index in [9.17, 15) is 13.2 Å². The third-order valence-electron chi connectivity index (χ3n) is 4.86. The van der Waals surface area contributed by atoms with Crippen molar-refractivity contribution in [2.24, 2.45) is 0 Å². The van der Waals surface area contributed by atoms with Gasteiger partial charge in [0.25, 0.3) is 15.9 Å². The minimum Gasteiger partial charge on any atom is -0.489 e. The van der Waals surface area contributed by atoms with Crippen LogP contribution in [0.5, 0.6) is 5.75 Å². The van der Waals surface area contributed by atoms with Crippen molar-refractivity contribution in [3.05, 3.63) is 95.6 Å². The predicted octanol–water partition coefficient (Wildman–Crippen LogP) is 3.42. The summed E-state index contributed by atoms with van der Waals surface area (Å²) in [6.45, 7) is 0.920. The smallest absolute Gasteiger partial charge is 0.264 e. The van der Waals surface area contributed by atoms with Gasteiger partial charge in [-0.05, 0) is 47.9 Å². The van der Waals surface area contributed by atoms with Crippen molar-refractivity contribution in [1.29, 1.82) is 0 Å². The van der Waals surface area contributed by atoms with E-state index >= 15 is 0 Å². The molecule has 32 heavy (non-hydrogen) atoms. The number of nitrogens with one attached hydrogen (secondary N) is 1. The first-order valence-electron chi connectivity index (χ1n) is 10.1. The molecule has 3 aromatic rings. The molecule has 0 aliphatic carbocycles. The molecule has 0 spiro atoms. The molecule has 0 aliphatic heterocycles. The highest BCUT2D eigenvalue weighted by molar-refractivity contribution is 7.89. The molecule has 3 rings (SSSR count). The SMILES string of the molecule is CON(C)S(=O)(=O)c1cccc(C(=O)NCCc2ccc(OCc3ccccc3)cc2)c1. The van der Waals surface area contributed by atoms with Gasteiger partial charge in [-0.2, -0.15) is 0 Å². The third-order valence-corrected chi connectivity index (χ3v) is 6.54. The van der Waals surface area contributed by atoms with Crippen LogP contribution >= 0.6 is 0 Å². The lowest BCUT2D eigenvalue weighted by Crippen LogP contribution is -2.27. The first-order valence-corrected chi connectivity index (χ1v) is 11.5. The van der Waals surface area contributed by atoms with Gasteiger partial charge in [0, 0.05) is 19.2 Å². The third kappa shape index (κ3) is 6.16. The largest absolute Gasteiger partial charge is 0.489 e. The van der Waals surface area contributed by atoms with E-state index in [1.807, 2.05) is 54.6 Å². The zero-order valence-electron chi connectivity index (χ0n) is 18.0. The summed E-state index contributed by atoms with van der Waals surface area (Å²) >= 11 is 0. The van der Waals surface area contributed by atoms with Crippen LogP contribution in [0.25, 0.3) is 0 Å². The quantitative estimate of drug-likeness (QED) is 0.475. The van der Waals surface area contributed by atoms with E-state index in [2.05, 4.69) is 5.32 Å². The van der Waals surface area contributed by atoms with Crippen LogP contribution in [0.4, 0.5) is 0 Å². The lowest BCUT2D eigenvalue weighted by atomic mass is 10.1. The van der Waals surface area contributed by atoms with Crippen LogP contribution in [-0.4, -0.2) is 39.5 Å². The summed E-state index contributed by atoms with van der Waals surface area (Å²) < 4.78 is 31.2. The van der Waals surface area contributed by atoms with Crippen molar-refractivity contribution in [3.63, 3.8) is 0 Å². The Kier molecular flexibility index (Phi) is 7.99. The van der Waals surface area contributed by atoms with Crippen molar-refractivity contribution in [3.8, 4) is 5.75 Å². The topological polar surface area (TPSA) is 84.9 Å². The van der Waals surface area contributed by atoms with Gasteiger partial charge in [0.15, 0.2) is 0 Å². The van der Waals surface area contributed by atoms with Gasteiger partial charge >= 0.3 is 0 Å². The minimum atomic E-state index is -3.82. The fraction of sp³-hybridized carbons (Fsp3) is 0.208. The summed E-state index contributed by atoms with van der Waals surface area (Å²) in [5.74, 6) is 0.436. The monoisotopic (exact) mass is 454 g/mol. The molecule has 0 bridgehead atoms. The maximum absolute atomic E-state index is 12.5. The highest BCUT2D eigenvalue weighted by Gasteiger charge is 2.21. The van der Waals surface area contributed by atoms with Crippen LogP contribution in [0.1, 0.15) is 21.5 Å². The molecule has 0 aromatic heterocycles. The van der Waals surface area contributed by atoms with Gasteiger partial charge in [-0.1, -0.05) is 53.0 Å². The van der Waals surface area contributed by atoms with Gasteiger partial charge in [-0.15, -0.1) is 0 Å². The highest BCUT2D eigenvalue weighted by atomic mass is 32.2. The van der Waals surface area contributed by atoms with Crippen LogP contribution in [0, 0.1) is 0 Å². The van der Waals surface area contributed by atoms with Crippen molar-refractivity contribution in [2.75, 3.05) is 20.7 Å². The molecule has 3 aromatic carbocycles. The van der Waals surface area contributed by atoms with Crippen molar-refractivity contribution < 1.29 is 22.8 Å². The Bertz CT molecular complexity index is 1130. The van der Waals surface area contributed by atoms with Crippen LogP contribution in [0.15, 0.2) is 83.8 Å². The average molecular weight is 455 g/mol. The lowest BCUT2D eigenvalue weighted by Gasteiger charge is -2.14. The van der Waals surface area contributed by atoms with Crippen molar-refractivity contribution >= 4 is 15.9 Å². The summed E-state index contributed by atoms with van der Waals surface area (Å²) in [6, 6.07) is 23.5. The van der Waals surface area contributed by atoms with Crippen LogP contribution in [0.2, 0.25) is 0 Å². The Hall–Kier alpha value is -3.20. The minimum absolute atomic E-state index is 0.0133. The Morgan fingerprint density at radius 3 is 2.34 bits per heavy atom. The fourth-order valence-corrected chi connectivity index (χ4v) is 3.98. The van der Waals surface area contributed by atoms with Gasteiger partial charge in [0.2, 0.25) is 0 Å². The molecule has 0 atom stereocenters. The average Bonchev–Trinajstić information content (AvgIpc) is 2.83. The zero-order valence-corrected chi connectivity index (χ0v) is 18.8. The molecular weight excluding hydrogens is 428 g/mol. The number of carbonyl (C=O) groups excluding carboxylic acids is 1. The van der Waals surface area contributed by atoms with E-state index in [1.165, 1.54) is 32.4 Å². The van der Waals surface area contributed by atoms with Gasteiger partial charge < -0.3 is 10.1 Å². The molecule has 1 N–H and O–H groups in total. The van der Waals surface area contributed by atoms with Crippen LogP contribution < -0.4 is 10.1 Å². The number of benzene rings is 3. The summed E-state index contributed by atoms with van der Waals surface area (Å²) in [4.78, 5) is 17.2. The molecule has 8 heteroatoms. The summed E-state index contributed by atoms with van der Waals surface area (Å²) in [7, 11) is -1.26. The molecule has 0 aliphatic rings.